The second kappa shape index (κ2) is 6.37. The van der Waals surface area contributed by atoms with Gasteiger partial charge in [0.25, 0.3) is 0 Å². The number of rotatable bonds is 6. The first-order valence-electron chi connectivity index (χ1n) is 4.20. The van der Waals surface area contributed by atoms with E-state index in [1.165, 1.54) is 0 Å². The molecule has 0 aliphatic rings. The van der Waals surface area contributed by atoms with Crippen molar-refractivity contribution in [1.82, 2.24) is 0 Å². The number of aliphatic hydroxyl groups is 3. The second-order valence-electron chi connectivity index (χ2n) is 2.88. The van der Waals surface area contributed by atoms with Gasteiger partial charge in [-0.1, -0.05) is 6.92 Å². The highest BCUT2D eigenvalue weighted by atomic mass is 16.5. The molecular formula is C8H18O4. The van der Waals surface area contributed by atoms with Crippen molar-refractivity contribution in [2.75, 3.05) is 13.2 Å². The minimum Gasteiger partial charge on any atom is -0.394 e. The van der Waals surface area contributed by atoms with Gasteiger partial charge < -0.3 is 20.1 Å². The average Bonchev–Trinajstić information content (AvgIpc) is 2.04. The summed E-state index contributed by atoms with van der Waals surface area (Å²) in [5, 5.41) is 26.9. The van der Waals surface area contributed by atoms with E-state index in [4.69, 9.17) is 14.9 Å². The molecule has 4 heteroatoms. The maximum Gasteiger partial charge on any atom is 0.106 e. The van der Waals surface area contributed by atoms with E-state index in [1.807, 2.05) is 0 Å². The molecule has 0 radical (unpaired) electrons. The average molecular weight is 178 g/mol. The summed E-state index contributed by atoms with van der Waals surface area (Å²) in [4.78, 5) is 0. The summed E-state index contributed by atoms with van der Waals surface area (Å²) in [5.41, 5.74) is 0. The van der Waals surface area contributed by atoms with Crippen molar-refractivity contribution in [3.63, 3.8) is 0 Å². The number of aliphatic hydroxyl groups excluding tert-OH is 3. The minimum absolute atomic E-state index is 0.141. The maximum atomic E-state index is 9.26. The van der Waals surface area contributed by atoms with Crippen molar-refractivity contribution in [2.24, 2.45) is 0 Å². The Morgan fingerprint density at radius 1 is 1.33 bits per heavy atom. The molecule has 0 aromatic heterocycles. The van der Waals surface area contributed by atoms with Crippen LogP contribution in [-0.2, 0) is 4.74 Å². The molecule has 12 heavy (non-hydrogen) atoms. The topological polar surface area (TPSA) is 69.9 Å². The van der Waals surface area contributed by atoms with Gasteiger partial charge in [-0.3, -0.25) is 0 Å². The van der Waals surface area contributed by atoms with Crippen LogP contribution in [0.15, 0.2) is 0 Å². The lowest BCUT2D eigenvalue weighted by molar-refractivity contribution is -0.0841. The van der Waals surface area contributed by atoms with E-state index in [0.717, 1.165) is 0 Å². The van der Waals surface area contributed by atoms with Crippen molar-refractivity contribution in [1.29, 1.82) is 0 Å². The third-order valence-corrected chi connectivity index (χ3v) is 1.58. The van der Waals surface area contributed by atoms with Crippen LogP contribution in [0.4, 0.5) is 0 Å². The van der Waals surface area contributed by atoms with Crippen LogP contribution in [0.25, 0.3) is 0 Å². The first-order valence-corrected chi connectivity index (χ1v) is 4.20. The summed E-state index contributed by atoms with van der Waals surface area (Å²) in [6.45, 7) is 3.32. The Bertz CT molecular complexity index is 105. The van der Waals surface area contributed by atoms with Gasteiger partial charge in [-0.25, -0.2) is 0 Å². The van der Waals surface area contributed by atoms with Gasteiger partial charge in [-0.05, 0) is 13.3 Å². The SMILES string of the molecule is CCC(O)C(CO)OCC(C)O. The van der Waals surface area contributed by atoms with Gasteiger partial charge in [0.05, 0.1) is 25.4 Å². The quantitative estimate of drug-likeness (QED) is 0.513. The predicted octanol–water partition coefficient (Wildman–Crippen LogP) is -0.484. The van der Waals surface area contributed by atoms with Crippen LogP contribution < -0.4 is 0 Å². The number of hydrogen-bond donors (Lipinski definition) is 3. The monoisotopic (exact) mass is 178 g/mol. The van der Waals surface area contributed by atoms with Crippen molar-refractivity contribution < 1.29 is 20.1 Å². The maximum absolute atomic E-state index is 9.26. The van der Waals surface area contributed by atoms with E-state index >= 15 is 0 Å². The van der Waals surface area contributed by atoms with E-state index in [1.54, 1.807) is 13.8 Å². The first-order chi connectivity index (χ1) is 5.61. The van der Waals surface area contributed by atoms with Crippen LogP contribution in [0.2, 0.25) is 0 Å². The Labute approximate surface area is 72.8 Å². The Balaban J connectivity index is 3.67. The lowest BCUT2D eigenvalue weighted by Gasteiger charge is -2.20. The van der Waals surface area contributed by atoms with Crippen molar-refractivity contribution in [2.45, 2.75) is 38.6 Å². The molecule has 74 valence electrons. The van der Waals surface area contributed by atoms with Gasteiger partial charge in [0.1, 0.15) is 6.10 Å². The number of ether oxygens (including phenoxy) is 1. The van der Waals surface area contributed by atoms with Crippen LogP contribution in [-0.4, -0.2) is 46.8 Å². The van der Waals surface area contributed by atoms with E-state index in [2.05, 4.69) is 0 Å². The van der Waals surface area contributed by atoms with Crippen LogP contribution in [0, 0.1) is 0 Å². The summed E-state index contributed by atoms with van der Waals surface area (Å²) in [6.07, 6.45) is -1.27. The van der Waals surface area contributed by atoms with Gasteiger partial charge in [0.15, 0.2) is 0 Å². The molecule has 3 unspecified atom stereocenters. The highest BCUT2D eigenvalue weighted by Crippen LogP contribution is 2.03. The van der Waals surface area contributed by atoms with Crippen LogP contribution in [0.3, 0.4) is 0 Å². The van der Waals surface area contributed by atoms with E-state index < -0.39 is 18.3 Å². The fourth-order valence-corrected chi connectivity index (χ4v) is 0.811. The third-order valence-electron chi connectivity index (χ3n) is 1.58. The molecule has 0 saturated carbocycles. The van der Waals surface area contributed by atoms with Gasteiger partial charge in [-0.15, -0.1) is 0 Å². The summed E-state index contributed by atoms with van der Waals surface area (Å²) in [7, 11) is 0. The highest BCUT2D eigenvalue weighted by molar-refractivity contribution is 4.66. The lowest BCUT2D eigenvalue weighted by Crippen LogP contribution is -2.33. The summed E-state index contributed by atoms with van der Waals surface area (Å²) in [5.74, 6) is 0. The molecule has 0 fully saturated rings. The van der Waals surface area contributed by atoms with E-state index in [-0.39, 0.29) is 13.2 Å². The molecule has 3 atom stereocenters. The number of hydrogen-bond acceptors (Lipinski definition) is 4. The van der Waals surface area contributed by atoms with Crippen LogP contribution in [0.5, 0.6) is 0 Å². The summed E-state index contributed by atoms with van der Waals surface area (Å²) < 4.78 is 5.06. The molecule has 0 heterocycles. The standard InChI is InChI=1S/C8H18O4/c1-3-7(11)8(4-9)12-5-6(2)10/h6-11H,3-5H2,1-2H3. The highest BCUT2D eigenvalue weighted by Gasteiger charge is 2.17. The lowest BCUT2D eigenvalue weighted by atomic mass is 10.1. The normalized spacial score (nSPS) is 18.8. The van der Waals surface area contributed by atoms with Gasteiger partial charge in [0.2, 0.25) is 0 Å². The molecule has 0 aliphatic carbocycles. The molecule has 0 spiro atoms. The predicted molar refractivity (Wildman–Crippen MR) is 44.8 cm³/mol. The van der Waals surface area contributed by atoms with Crippen LogP contribution >= 0.6 is 0 Å². The minimum atomic E-state index is -0.659. The fraction of sp³-hybridized carbons (Fsp3) is 1.00. The molecule has 0 saturated heterocycles. The Morgan fingerprint density at radius 2 is 1.92 bits per heavy atom. The fourth-order valence-electron chi connectivity index (χ4n) is 0.811. The summed E-state index contributed by atoms with van der Waals surface area (Å²) in [6, 6.07) is 0. The molecule has 4 nitrogen and oxygen atoms in total. The Morgan fingerprint density at radius 3 is 2.25 bits per heavy atom. The van der Waals surface area contributed by atoms with Crippen molar-refractivity contribution in [3.8, 4) is 0 Å². The van der Waals surface area contributed by atoms with E-state index in [0.29, 0.717) is 6.42 Å². The van der Waals surface area contributed by atoms with Crippen LogP contribution in [0.1, 0.15) is 20.3 Å². The van der Waals surface area contributed by atoms with Gasteiger partial charge in [0, 0.05) is 0 Å². The first kappa shape index (κ1) is 11.8. The van der Waals surface area contributed by atoms with Gasteiger partial charge >= 0.3 is 0 Å². The Hall–Kier alpha value is -0.160. The molecule has 0 bridgehead atoms. The second-order valence-corrected chi connectivity index (χ2v) is 2.88. The van der Waals surface area contributed by atoms with E-state index in [9.17, 15) is 5.11 Å². The molecule has 0 amide bonds. The molecule has 0 aromatic rings. The molecule has 0 aromatic carbocycles. The molecular weight excluding hydrogens is 160 g/mol. The zero-order valence-corrected chi connectivity index (χ0v) is 7.60. The smallest absolute Gasteiger partial charge is 0.106 e. The molecule has 0 aliphatic heterocycles. The summed E-state index contributed by atoms with van der Waals surface area (Å²) >= 11 is 0. The van der Waals surface area contributed by atoms with Crippen molar-refractivity contribution >= 4 is 0 Å². The third kappa shape index (κ3) is 4.66. The zero-order valence-electron chi connectivity index (χ0n) is 7.60. The molecule has 0 rings (SSSR count). The Kier molecular flexibility index (Phi) is 6.28. The zero-order chi connectivity index (χ0) is 9.56. The van der Waals surface area contributed by atoms with Crippen molar-refractivity contribution in [3.05, 3.63) is 0 Å². The molecule has 3 N–H and O–H groups in total. The van der Waals surface area contributed by atoms with Gasteiger partial charge in [-0.2, -0.15) is 0 Å². The largest absolute Gasteiger partial charge is 0.394 e.